The molecule has 6 nitrogen and oxygen atoms in total. The van der Waals surface area contributed by atoms with Gasteiger partial charge in [-0.3, -0.25) is 9.78 Å². The highest BCUT2D eigenvalue weighted by Gasteiger charge is 2.49. The number of aryl methyl sites for hydroxylation is 1. The fraction of sp³-hybridized carbons (Fsp3) is 0.350. The number of benzene rings is 1. The first-order valence-corrected chi connectivity index (χ1v) is 8.77. The highest BCUT2D eigenvalue weighted by molar-refractivity contribution is 6.07. The molecule has 26 heavy (non-hydrogen) atoms. The van der Waals surface area contributed by atoms with Gasteiger partial charge in [-0.1, -0.05) is 0 Å². The molecule has 4 rings (SSSR count). The Morgan fingerprint density at radius 3 is 2.77 bits per heavy atom. The van der Waals surface area contributed by atoms with Gasteiger partial charge in [0.25, 0.3) is 0 Å². The van der Waals surface area contributed by atoms with Crippen molar-refractivity contribution >= 4 is 17.6 Å². The van der Waals surface area contributed by atoms with Crippen molar-refractivity contribution in [2.45, 2.75) is 44.1 Å². The van der Waals surface area contributed by atoms with Gasteiger partial charge in [0.05, 0.1) is 22.8 Å². The van der Waals surface area contributed by atoms with Crippen LogP contribution in [0.1, 0.15) is 47.3 Å². The van der Waals surface area contributed by atoms with Gasteiger partial charge in [0, 0.05) is 11.9 Å². The standard InChI is InChI=1S/C20H20N2O4/c1-12-17(3-2-10-21-12)26-14-6-8-20(9-7-14)15-11-13(18(23)24)4-5-16(15)22-19(20)25/h2-5,10-11,14H,6-9H2,1H3,(H,22,25)(H,23,24)/t14-,20-. The molecule has 2 aromatic rings. The highest BCUT2D eigenvalue weighted by atomic mass is 16.5. The normalized spacial score (nSPS) is 24.2. The summed E-state index contributed by atoms with van der Waals surface area (Å²) in [4.78, 5) is 28.2. The summed E-state index contributed by atoms with van der Waals surface area (Å²) in [6, 6.07) is 8.61. The van der Waals surface area contributed by atoms with Crippen molar-refractivity contribution < 1.29 is 19.4 Å². The van der Waals surface area contributed by atoms with Crippen LogP contribution in [0.4, 0.5) is 5.69 Å². The molecule has 1 spiro atoms. The first-order valence-electron chi connectivity index (χ1n) is 8.77. The summed E-state index contributed by atoms with van der Waals surface area (Å²) in [7, 11) is 0. The zero-order chi connectivity index (χ0) is 18.3. The number of carboxylic acid groups (broad SMARTS) is 1. The molecular formula is C20H20N2O4. The number of ether oxygens (including phenoxy) is 1. The van der Waals surface area contributed by atoms with Crippen LogP contribution in [-0.2, 0) is 10.2 Å². The van der Waals surface area contributed by atoms with Crippen LogP contribution in [0.5, 0.6) is 5.75 Å². The number of fused-ring (bicyclic) bond motifs is 2. The molecular weight excluding hydrogens is 332 g/mol. The lowest BCUT2D eigenvalue weighted by Gasteiger charge is -2.36. The number of aromatic nitrogens is 1. The maximum atomic E-state index is 12.7. The molecule has 2 aliphatic rings. The smallest absolute Gasteiger partial charge is 0.335 e. The topological polar surface area (TPSA) is 88.5 Å². The third-order valence-electron chi connectivity index (χ3n) is 5.50. The third-order valence-corrected chi connectivity index (χ3v) is 5.50. The number of rotatable bonds is 3. The van der Waals surface area contributed by atoms with E-state index in [1.165, 1.54) is 6.07 Å². The van der Waals surface area contributed by atoms with E-state index in [1.54, 1.807) is 18.3 Å². The molecule has 2 N–H and O–H groups in total. The zero-order valence-electron chi connectivity index (χ0n) is 14.5. The van der Waals surface area contributed by atoms with Crippen molar-refractivity contribution in [3.63, 3.8) is 0 Å². The second-order valence-corrected chi connectivity index (χ2v) is 7.01. The number of carboxylic acids is 1. The number of anilines is 1. The Balaban J connectivity index is 1.55. The lowest BCUT2D eigenvalue weighted by atomic mass is 9.69. The van der Waals surface area contributed by atoms with E-state index < -0.39 is 11.4 Å². The minimum absolute atomic E-state index is 0.0306. The second-order valence-electron chi connectivity index (χ2n) is 7.01. The number of carbonyl (C=O) groups excluding carboxylic acids is 1. The fourth-order valence-corrected chi connectivity index (χ4v) is 4.02. The third kappa shape index (κ3) is 2.62. The number of hydrogen-bond donors (Lipinski definition) is 2. The minimum atomic E-state index is -0.980. The largest absolute Gasteiger partial charge is 0.489 e. The van der Waals surface area contributed by atoms with Crippen molar-refractivity contribution in [3.8, 4) is 5.75 Å². The summed E-state index contributed by atoms with van der Waals surface area (Å²) in [5.74, 6) is -0.240. The lowest BCUT2D eigenvalue weighted by molar-refractivity contribution is -0.122. The predicted molar refractivity (Wildman–Crippen MR) is 95.6 cm³/mol. The molecule has 0 bridgehead atoms. The van der Waals surface area contributed by atoms with Crippen LogP contribution in [-0.4, -0.2) is 28.1 Å². The van der Waals surface area contributed by atoms with E-state index in [-0.39, 0.29) is 17.6 Å². The Hall–Kier alpha value is -2.89. The second kappa shape index (κ2) is 6.12. The van der Waals surface area contributed by atoms with Crippen LogP contribution in [0.25, 0.3) is 0 Å². The minimum Gasteiger partial charge on any atom is -0.489 e. The summed E-state index contributed by atoms with van der Waals surface area (Å²) in [6.07, 6.45) is 4.51. The first kappa shape index (κ1) is 16.6. The van der Waals surface area contributed by atoms with Gasteiger partial charge in [-0.2, -0.15) is 0 Å². The van der Waals surface area contributed by atoms with Crippen molar-refractivity contribution in [3.05, 3.63) is 53.3 Å². The van der Waals surface area contributed by atoms with Crippen molar-refractivity contribution in [2.24, 2.45) is 0 Å². The fourth-order valence-electron chi connectivity index (χ4n) is 4.02. The highest BCUT2D eigenvalue weighted by Crippen LogP contribution is 2.48. The molecule has 134 valence electrons. The van der Waals surface area contributed by atoms with E-state index in [9.17, 15) is 14.7 Å². The van der Waals surface area contributed by atoms with Crippen LogP contribution >= 0.6 is 0 Å². The van der Waals surface area contributed by atoms with E-state index in [1.807, 2.05) is 19.1 Å². The van der Waals surface area contributed by atoms with E-state index in [0.717, 1.165) is 35.5 Å². The SMILES string of the molecule is Cc1ncccc1O[C@H]1CC[C@@]2(CC1)C(=O)Nc1ccc(C(=O)O)cc12. The summed E-state index contributed by atoms with van der Waals surface area (Å²) in [5.41, 5.74) is 1.94. The summed E-state index contributed by atoms with van der Waals surface area (Å²) >= 11 is 0. The molecule has 0 unspecified atom stereocenters. The molecule has 0 atom stereocenters. The molecule has 1 saturated carbocycles. The Morgan fingerprint density at radius 1 is 1.31 bits per heavy atom. The summed E-state index contributed by atoms with van der Waals surface area (Å²) < 4.78 is 6.09. The van der Waals surface area contributed by atoms with Gasteiger partial charge >= 0.3 is 5.97 Å². The molecule has 0 saturated heterocycles. The summed E-state index contributed by atoms with van der Waals surface area (Å²) in [6.45, 7) is 1.91. The molecule has 1 amide bonds. The first-order chi connectivity index (χ1) is 12.5. The number of carbonyl (C=O) groups is 2. The molecule has 6 heteroatoms. The van der Waals surface area contributed by atoms with Gasteiger partial charge in [0.15, 0.2) is 0 Å². The van der Waals surface area contributed by atoms with Crippen LogP contribution < -0.4 is 10.1 Å². The average Bonchev–Trinajstić information content (AvgIpc) is 2.90. The van der Waals surface area contributed by atoms with E-state index in [0.29, 0.717) is 12.8 Å². The molecule has 1 aromatic carbocycles. The molecule has 1 aromatic heterocycles. The maximum Gasteiger partial charge on any atom is 0.335 e. The lowest BCUT2D eigenvalue weighted by Crippen LogP contribution is -2.41. The van der Waals surface area contributed by atoms with Gasteiger partial charge in [-0.25, -0.2) is 4.79 Å². The number of amides is 1. The maximum absolute atomic E-state index is 12.7. The Kier molecular flexibility index (Phi) is 3.90. The van der Waals surface area contributed by atoms with Gasteiger partial charge in [0.2, 0.25) is 5.91 Å². The number of pyridine rings is 1. The number of nitrogens with zero attached hydrogens (tertiary/aromatic N) is 1. The Bertz CT molecular complexity index is 885. The van der Waals surface area contributed by atoms with E-state index in [4.69, 9.17) is 4.74 Å². The molecule has 2 heterocycles. The van der Waals surface area contributed by atoms with Gasteiger partial charge < -0.3 is 15.2 Å². The van der Waals surface area contributed by atoms with Crippen LogP contribution in [0.2, 0.25) is 0 Å². The Labute approximate surface area is 151 Å². The van der Waals surface area contributed by atoms with Gasteiger partial charge in [-0.15, -0.1) is 0 Å². The van der Waals surface area contributed by atoms with E-state index in [2.05, 4.69) is 10.3 Å². The monoisotopic (exact) mass is 352 g/mol. The molecule has 1 aliphatic heterocycles. The summed E-state index contributed by atoms with van der Waals surface area (Å²) in [5, 5.41) is 12.2. The zero-order valence-corrected chi connectivity index (χ0v) is 14.5. The van der Waals surface area contributed by atoms with Crippen LogP contribution in [0, 0.1) is 6.92 Å². The molecule has 1 fully saturated rings. The molecule has 1 aliphatic carbocycles. The Morgan fingerprint density at radius 2 is 2.08 bits per heavy atom. The van der Waals surface area contributed by atoms with E-state index >= 15 is 0 Å². The quantitative estimate of drug-likeness (QED) is 0.885. The number of hydrogen-bond acceptors (Lipinski definition) is 4. The van der Waals surface area contributed by atoms with Crippen molar-refractivity contribution in [2.75, 3.05) is 5.32 Å². The predicted octanol–water partition coefficient (Wildman–Crippen LogP) is 3.30. The van der Waals surface area contributed by atoms with Crippen molar-refractivity contribution in [1.82, 2.24) is 4.98 Å². The van der Waals surface area contributed by atoms with Gasteiger partial charge in [-0.05, 0) is 68.5 Å². The van der Waals surface area contributed by atoms with Gasteiger partial charge in [0.1, 0.15) is 5.75 Å². The van der Waals surface area contributed by atoms with Crippen LogP contribution in [0.15, 0.2) is 36.5 Å². The number of aromatic carboxylic acids is 1. The number of nitrogens with one attached hydrogen (secondary N) is 1. The van der Waals surface area contributed by atoms with Crippen molar-refractivity contribution in [1.29, 1.82) is 0 Å². The average molecular weight is 352 g/mol. The van der Waals surface area contributed by atoms with Crippen LogP contribution in [0.3, 0.4) is 0 Å². The molecule has 0 radical (unpaired) electrons.